The first-order valence-corrected chi connectivity index (χ1v) is 6.20. The van der Waals surface area contributed by atoms with Crippen molar-refractivity contribution >= 4 is 21.9 Å². The fraction of sp³-hybridized carbons (Fsp3) is 0.167. The Kier molecular flexibility index (Phi) is 3.94. The highest BCUT2D eigenvalue weighted by molar-refractivity contribution is 9.10. The minimum Gasteiger partial charge on any atom is -0.357 e. The zero-order chi connectivity index (χ0) is 14.9. The van der Waals surface area contributed by atoms with Crippen LogP contribution in [-0.4, -0.2) is 17.0 Å². The van der Waals surface area contributed by atoms with Gasteiger partial charge in [-0.15, -0.1) is 0 Å². The van der Waals surface area contributed by atoms with Gasteiger partial charge in [-0.1, -0.05) is 6.07 Å². The number of aromatic nitrogens is 2. The predicted molar refractivity (Wildman–Crippen MR) is 69.7 cm³/mol. The molecule has 0 saturated heterocycles. The van der Waals surface area contributed by atoms with Crippen LogP contribution in [0.4, 0.5) is 23.5 Å². The van der Waals surface area contributed by atoms with Gasteiger partial charge in [0.25, 0.3) is 0 Å². The Balaban J connectivity index is 2.65. The molecule has 2 rings (SSSR count). The molecule has 1 aromatic carbocycles. The van der Waals surface area contributed by atoms with Gasteiger partial charge in [0.2, 0.25) is 5.95 Å². The predicted octanol–water partition coefficient (Wildman–Crippen LogP) is 4.11. The van der Waals surface area contributed by atoms with Gasteiger partial charge in [0.05, 0.1) is 10.2 Å². The van der Waals surface area contributed by atoms with Crippen molar-refractivity contribution in [2.75, 3.05) is 12.4 Å². The molecule has 0 aliphatic heterocycles. The Morgan fingerprint density at radius 3 is 2.50 bits per heavy atom. The number of nitrogens with one attached hydrogen (secondary N) is 1. The molecule has 0 saturated carbocycles. The van der Waals surface area contributed by atoms with Crippen LogP contribution < -0.4 is 5.32 Å². The van der Waals surface area contributed by atoms with E-state index in [0.717, 1.165) is 0 Å². The van der Waals surface area contributed by atoms with E-state index in [4.69, 9.17) is 0 Å². The van der Waals surface area contributed by atoms with Crippen LogP contribution in [0.2, 0.25) is 0 Å². The molecule has 0 bridgehead atoms. The minimum absolute atomic E-state index is 0.0382. The lowest BCUT2D eigenvalue weighted by Gasteiger charge is -2.11. The third-order valence-corrected chi connectivity index (χ3v) is 3.08. The van der Waals surface area contributed by atoms with Gasteiger partial charge in [0, 0.05) is 12.6 Å². The van der Waals surface area contributed by atoms with Crippen molar-refractivity contribution in [3.05, 3.63) is 40.2 Å². The summed E-state index contributed by atoms with van der Waals surface area (Å²) in [5.74, 6) is -0.907. The van der Waals surface area contributed by atoms with Crippen LogP contribution in [0.1, 0.15) is 5.69 Å². The molecule has 8 heteroatoms. The van der Waals surface area contributed by atoms with Crippen LogP contribution in [0.25, 0.3) is 11.3 Å². The second-order valence-corrected chi connectivity index (χ2v) is 4.67. The number of rotatable bonds is 2. The lowest BCUT2D eigenvalue weighted by Crippen LogP contribution is -2.11. The highest BCUT2D eigenvalue weighted by Crippen LogP contribution is 2.33. The maximum absolute atomic E-state index is 13.9. The summed E-state index contributed by atoms with van der Waals surface area (Å²) in [4.78, 5) is 7.17. The summed E-state index contributed by atoms with van der Waals surface area (Å²) in [5.41, 5.74) is -1.31. The van der Waals surface area contributed by atoms with E-state index in [2.05, 4.69) is 31.2 Å². The van der Waals surface area contributed by atoms with Crippen LogP contribution in [-0.2, 0) is 6.18 Å². The van der Waals surface area contributed by atoms with Crippen LogP contribution in [0, 0.1) is 5.82 Å². The number of halogens is 5. The number of hydrogen-bond acceptors (Lipinski definition) is 3. The average Bonchev–Trinajstić information content (AvgIpc) is 2.40. The quantitative estimate of drug-likeness (QED) is 0.829. The number of anilines is 1. The van der Waals surface area contributed by atoms with Gasteiger partial charge in [-0.25, -0.2) is 14.4 Å². The molecule has 0 amide bonds. The van der Waals surface area contributed by atoms with Crippen LogP contribution in [0.15, 0.2) is 28.7 Å². The van der Waals surface area contributed by atoms with Crippen molar-refractivity contribution in [2.24, 2.45) is 0 Å². The van der Waals surface area contributed by atoms with E-state index in [1.165, 1.54) is 25.2 Å². The Morgan fingerprint density at radius 2 is 1.90 bits per heavy atom. The summed E-state index contributed by atoms with van der Waals surface area (Å²) < 4.78 is 52.4. The van der Waals surface area contributed by atoms with E-state index >= 15 is 0 Å². The fourth-order valence-corrected chi connectivity index (χ4v) is 1.91. The van der Waals surface area contributed by atoms with Crippen molar-refractivity contribution in [1.82, 2.24) is 9.97 Å². The first-order chi connectivity index (χ1) is 9.32. The molecule has 0 aliphatic rings. The van der Waals surface area contributed by atoms with Crippen molar-refractivity contribution < 1.29 is 17.6 Å². The Hall–Kier alpha value is -1.70. The van der Waals surface area contributed by atoms with Gasteiger partial charge < -0.3 is 5.32 Å². The minimum atomic E-state index is -4.63. The molecule has 0 spiro atoms. The molecule has 0 unspecified atom stereocenters. The Labute approximate surface area is 120 Å². The molecule has 0 aliphatic carbocycles. The fourth-order valence-electron chi connectivity index (χ4n) is 1.54. The van der Waals surface area contributed by atoms with Crippen LogP contribution in [0.3, 0.4) is 0 Å². The maximum Gasteiger partial charge on any atom is 0.433 e. The Bertz CT molecular complexity index is 643. The summed E-state index contributed by atoms with van der Waals surface area (Å²) in [6.45, 7) is 0. The first-order valence-electron chi connectivity index (χ1n) is 5.41. The largest absolute Gasteiger partial charge is 0.433 e. The number of benzene rings is 1. The summed E-state index contributed by atoms with van der Waals surface area (Å²) in [7, 11) is 1.39. The van der Waals surface area contributed by atoms with Gasteiger partial charge in [-0.2, -0.15) is 13.2 Å². The zero-order valence-corrected chi connectivity index (χ0v) is 11.7. The third-order valence-electron chi connectivity index (χ3n) is 2.47. The van der Waals surface area contributed by atoms with Gasteiger partial charge in [0.1, 0.15) is 5.82 Å². The maximum atomic E-state index is 13.9. The van der Waals surface area contributed by atoms with Gasteiger partial charge in [-0.05, 0) is 34.1 Å². The molecule has 2 aromatic rings. The van der Waals surface area contributed by atoms with Crippen LogP contribution >= 0.6 is 15.9 Å². The van der Waals surface area contributed by atoms with Gasteiger partial charge in [-0.3, -0.25) is 0 Å². The normalized spacial score (nSPS) is 11.5. The first kappa shape index (κ1) is 14.7. The number of nitrogens with zero attached hydrogens (tertiary/aromatic N) is 2. The summed E-state index contributed by atoms with van der Waals surface area (Å²) in [6.07, 6.45) is -4.63. The van der Waals surface area contributed by atoms with Crippen molar-refractivity contribution in [3.63, 3.8) is 0 Å². The Morgan fingerprint density at radius 1 is 1.20 bits per heavy atom. The molecule has 1 N–H and O–H groups in total. The van der Waals surface area contributed by atoms with E-state index in [1.807, 2.05) is 0 Å². The number of alkyl halides is 3. The van der Waals surface area contributed by atoms with Crippen molar-refractivity contribution in [1.29, 1.82) is 0 Å². The molecular formula is C12H8BrF4N3. The standard InChI is InChI=1S/C12H8BrF4N3/c1-18-11-19-8(5-9(20-11)12(15,16)17)6-3-2-4-7(13)10(6)14/h2-5H,1H3,(H,18,19,20). The second kappa shape index (κ2) is 5.35. The molecule has 1 heterocycles. The monoisotopic (exact) mass is 349 g/mol. The van der Waals surface area contributed by atoms with E-state index < -0.39 is 17.7 Å². The lowest BCUT2D eigenvalue weighted by molar-refractivity contribution is -0.141. The highest BCUT2D eigenvalue weighted by atomic mass is 79.9. The number of hydrogen-bond donors (Lipinski definition) is 1. The molecule has 1 aromatic heterocycles. The van der Waals surface area contributed by atoms with Crippen LogP contribution in [0.5, 0.6) is 0 Å². The molecule has 0 atom stereocenters. The topological polar surface area (TPSA) is 37.8 Å². The second-order valence-electron chi connectivity index (χ2n) is 3.81. The summed E-state index contributed by atoms with van der Waals surface area (Å²) >= 11 is 2.98. The molecular weight excluding hydrogens is 342 g/mol. The molecule has 20 heavy (non-hydrogen) atoms. The lowest BCUT2D eigenvalue weighted by atomic mass is 10.1. The van der Waals surface area contributed by atoms with Crippen molar-refractivity contribution in [3.8, 4) is 11.3 Å². The molecule has 3 nitrogen and oxygen atoms in total. The van der Waals surface area contributed by atoms with Gasteiger partial charge >= 0.3 is 6.18 Å². The molecule has 0 radical (unpaired) electrons. The van der Waals surface area contributed by atoms with Crippen molar-refractivity contribution in [2.45, 2.75) is 6.18 Å². The summed E-state index contributed by atoms with van der Waals surface area (Å²) in [6, 6.07) is 5.02. The zero-order valence-electron chi connectivity index (χ0n) is 10.1. The molecule has 0 fully saturated rings. The average molecular weight is 350 g/mol. The van der Waals surface area contributed by atoms with E-state index in [0.29, 0.717) is 6.07 Å². The molecule has 106 valence electrons. The third kappa shape index (κ3) is 2.90. The van der Waals surface area contributed by atoms with Gasteiger partial charge in [0.15, 0.2) is 5.69 Å². The summed E-state index contributed by atoms with van der Waals surface area (Å²) in [5, 5.41) is 2.43. The van der Waals surface area contributed by atoms with E-state index in [9.17, 15) is 17.6 Å². The van der Waals surface area contributed by atoms with E-state index in [-0.39, 0.29) is 21.7 Å². The highest BCUT2D eigenvalue weighted by Gasteiger charge is 2.34. The SMILES string of the molecule is CNc1nc(-c2cccc(Br)c2F)cc(C(F)(F)F)n1. The smallest absolute Gasteiger partial charge is 0.357 e. The van der Waals surface area contributed by atoms with E-state index in [1.54, 1.807) is 0 Å².